The minimum absolute atomic E-state index is 0.843. The van der Waals surface area contributed by atoms with Gasteiger partial charge in [-0.1, -0.05) is 38.8 Å². The molecule has 2 nitrogen and oxygen atoms in total. The SMILES string of the molecule is C[Si](C)(CN1CCCCC1)NC1CCCCC1. The maximum atomic E-state index is 4.04. The third kappa shape index (κ3) is 4.72. The molecule has 1 saturated heterocycles. The molecule has 1 saturated carbocycles. The highest BCUT2D eigenvalue weighted by molar-refractivity contribution is 6.75. The van der Waals surface area contributed by atoms with Crippen molar-refractivity contribution in [1.82, 2.24) is 9.88 Å². The fourth-order valence-corrected chi connectivity index (χ4v) is 6.44. The van der Waals surface area contributed by atoms with E-state index in [-0.39, 0.29) is 0 Å². The molecule has 0 radical (unpaired) electrons. The number of piperidine rings is 1. The minimum Gasteiger partial charge on any atom is -0.334 e. The highest BCUT2D eigenvalue weighted by Gasteiger charge is 2.28. The molecule has 1 aliphatic heterocycles. The van der Waals surface area contributed by atoms with Crippen LogP contribution in [-0.4, -0.2) is 38.4 Å². The van der Waals surface area contributed by atoms with Gasteiger partial charge in [-0.15, -0.1) is 0 Å². The topological polar surface area (TPSA) is 15.3 Å². The van der Waals surface area contributed by atoms with Gasteiger partial charge in [0.05, 0.1) is 0 Å². The number of nitrogens with zero attached hydrogens (tertiary/aromatic N) is 1. The van der Waals surface area contributed by atoms with Crippen LogP contribution in [0.25, 0.3) is 0 Å². The zero-order valence-electron chi connectivity index (χ0n) is 11.8. The lowest BCUT2D eigenvalue weighted by Gasteiger charge is -2.37. The van der Waals surface area contributed by atoms with E-state index in [1.165, 1.54) is 70.6 Å². The Morgan fingerprint density at radius 2 is 1.53 bits per heavy atom. The van der Waals surface area contributed by atoms with E-state index in [2.05, 4.69) is 23.0 Å². The van der Waals surface area contributed by atoms with Crippen molar-refractivity contribution in [2.24, 2.45) is 0 Å². The van der Waals surface area contributed by atoms with Crippen molar-refractivity contribution in [3.8, 4) is 0 Å². The summed E-state index contributed by atoms with van der Waals surface area (Å²) in [6.07, 6.45) is 12.9. The summed E-state index contributed by atoms with van der Waals surface area (Å²) in [7, 11) is -1.20. The quantitative estimate of drug-likeness (QED) is 0.775. The van der Waals surface area contributed by atoms with E-state index in [4.69, 9.17) is 0 Å². The predicted molar refractivity (Wildman–Crippen MR) is 77.8 cm³/mol. The van der Waals surface area contributed by atoms with Gasteiger partial charge in [0, 0.05) is 12.2 Å². The van der Waals surface area contributed by atoms with E-state index in [9.17, 15) is 0 Å². The van der Waals surface area contributed by atoms with Crippen LogP contribution >= 0.6 is 0 Å². The van der Waals surface area contributed by atoms with Crippen LogP contribution < -0.4 is 4.98 Å². The van der Waals surface area contributed by atoms with Gasteiger partial charge < -0.3 is 9.88 Å². The monoisotopic (exact) mass is 254 g/mol. The first-order chi connectivity index (χ1) is 8.16. The van der Waals surface area contributed by atoms with Crippen LogP contribution in [0.5, 0.6) is 0 Å². The number of nitrogens with one attached hydrogen (secondary N) is 1. The molecule has 2 rings (SSSR count). The Morgan fingerprint density at radius 1 is 0.941 bits per heavy atom. The average molecular weight is 254 g/mol. The fraction of sp³-hybridized carbons (Fsp3) is 1.00. The van der Waals surface area contributed by atoms with Gasteiger partial charge in [-0.25, -0.2) is 0 Å². The van der Waals surface area contributed by atoms with Crippen molar-refractivity contribution in [3.05, 3.63) is 0 Å². The van der Waals surface area contributed by atoms with Crippen molar-refractivity contribution in [2.75, 3.05) is 19.3 Å². The van der Waals surface area contributed by atoms with Crippen LogP contribution in [0.1, 0.15) is 51.4 Å². The van der Waals surface area contributed by atoms with Crippen LogP contribution in [0.15, 0.2) is 0 Å². The molecule has 0 aromatic rings. The predicted octanol–water partition coefficient (Wildman–Crippen LogP) is 3.14. The first-order valence-electron chi connectivity index (χ1n) is 7.66. The van der Waals surface area contributed by atoms with Gasteiger partial charge in [0.1, 0.15) is 8.24 Å². The van der Waals surface area contributed by atoms with E-state index >= 15 is 0 Å². The summed E-state index contributed by atoms with van der Waals surface area (Å²) >= 11 is 0. The van der Waals surface area contributed by atoms with Crippen molar-refractivity contribution in [1.29, 1.82) is 0 Å². The Labute approximate surface area is 108 Å². The van der Waals surface area contributed by atoms with E-state index in [0.717, 1.165) is 6.04 Å². The van der Waals surface area contributed by atoms with Crippen LogP contribution in [-0.2, 0) is 0 Å². The molecule has 3 heteroatoms. The molecule has 0 aromatic heterocycles. The normalized spacial score (nSPS) is 25.1. The molecule has 2 aliphatic rings. The van der Waals surface area contributed by atoms with Crippen LogP contribution in [0.4, 0.5) is 0 Å². The smallest absolute Gasteiger partial charge is 0.133 e. The number of hydrogen-bond donors (Lipinski definition) is 1. The van der Waals surface area contributed by atoms with Crippen LogP contribution in [0, 0.1) is 0 Å². The van der Waals surface area contributed by atoms with E-state index in [1.807, 2.05) is 0 Å². The lowest BCUT2D eigenvalue weighted by atomic mass is 9.96. The van der Waals surface area contributed by atoms with Crippen molar-refractivity contribution in [3.63, 3.8) is 0 Å². The van der Waals surface area contributed by atoms with E-state index in [1.54, 1.807) is 0 Å². The molecule has 2 fully saturated rings. The number of rotatable bonds is 4. The zero-order chi connectivity index (χ0) is 12.1. The third-order valence-electron chi connectivity index (χ3n) is 4.27. The van der Waals surface area contributed by atoms with Gasteiger partial charge in [0.15, 0.2) is 0 Å². The molecule has 0 aromatic carbocycles. The molecule has 1 aliphatic carbocycles. The molecule has 0 bridgehead atoms. The Kier molecular flexibility index (Phi) is 5.06. The third-order valence-corrected chi connectivity index (χ3v) is 6.70. The summed E-state index contributed by atoms with van der Waals surface area (Å²) in [4.78, 5) is 6.75. The summed E-state index contributed by atoms with van der Waals surface area (Å²) in [5, 5.41) is 0. The summed E-state index contributed by atoms with van der Waals surface area (Å²) in [6, 6.07) is 0.843. The molecule has 1 heterocycles. The van der Waals surface area contributed by atoms with Crippen molar-refractivity contribution in [2.45, 2.75) is 70.5 Å². The van der Waals surface area contributed by atoms with Gasteiger partial charge in [0.2, 0.25) is 0 Å². The standard InChI is InChI=1S/C14H30N2Si/c1-17(2,13-16-11-7-4-8-12-16)15-14-9-5-3-6-10-14/h14-15H,3-13H2,1-2H3. The van der Waals surface area contributed by atoms with Gasteiger partial charge in [-0.3, -0.25) is 0 Å². The summed E-state index contributed by atoms with van der Waals surface area (Å²) in [5.41, 5.74) is 0. The summed E-state index contributed by atoms with van der Waals surface area (Å²) in [6.45, 7) is 7.75. The van der Waals surface area contributed by atoms with E-state index in [0.29, 0.717) is 0 Å². The average Bonchev–Trinajstić information content (AvgIpc) is 2.30. The highest BCUT2D eigenvalue weighted by Crippen LogP contribution is 2.20. The molecule has 0 atom stereocenters. The first kappa shape index (κ1) is 13.6. The molecular formula is C14H30N2Si. The molecule has 0 unspecified atom stereocenters. The van der Waals surface area contributed by atoms with Gasteiger partial charge in [-0.05, 0) is 38.8 Å². The minimum atomic E-state index is -1.20. The maximum Gasteiger partial charge on any atom is 0.133 e. The Morgan fingerprint density at radius 3 is 2.18 bits per heavy atom. The van der Waals surface area contributed by atoms with Crippen molar-refractivity contribution >= 4 is 8.24 Å². The van der Waals surface area contributed by atoms with Crippen LogP contribution in [0.2, 0.25) is 13.1 Å². The molecule has 0 spiro atoms. The number of hydrogen-bond acceptors (Lipinski definition) is 2. The summed E-state index contributed by atoms with van der Waals surface area (Å²) < 4.78 is 0. The Balaban J connectivity index is 1.75. The second-order valence-electron chi connectivity index (χ2n) is 6.70. The first-order valence-corrected chi connectivity index (χ1v) is 10.9. The molecule has 0 amide bonds. The second-order valence-corrected chi connectivity index (χ2v) is 11.1. The molecule has 17 heavy (non-hydrogen) atoms. The highest BCUT2D eigenvalue weighted by atomic mass is 28.3. The molecule has 100 valence electrons. The Hall–Kier alpha value is 0.137. The number of likely N-dealkylation sites (tertiary alicyclic amines) is 1. The Bertz CT molecular complexity index is 196. The lowest BCUT2D eigenvalue weighted by Crippen LogP contribution is -2.58. The van der Waals surface area contributed by atoms with Gasteiger partial charge >= 0.3 is 0 Å². The van der Waals surface area contributed by atoms with Gasteiger partial charge in [0.25, 0.3) is 0 Å². The second kappa shape index (κ2) is 6.35. The van der Waals surface area contributed by atoms with Crippen LogP contribution in [0.3, 0.4) is 0 Å². The van der Waals surface area contributed by atoms with Crippen molar-refractivity contribution < 1.29 is 0 Å². The summed E-state index contributed by atoms with van der Waals surface area (Å²) in [5.74, 6) is 0. The van der Waals surface area contributed by atoms with E-state index < -0.39 is 8.24 Å². The molecule has 1 N–H and O–H groups in total. The fourth-order valence-electron chi connectivity index (χ4n) is 3.52. The zero-order valence-corrected chi connectivity index (χ0v) is 12.8. The maximum absolute atomic E-state index is 4.04. The van der Waals surface area contributed by atoms with Gasteiger partial charge in [-0.2, -0.15) is 0 Å². The lowest BCUT2D eigenvalue weighted by molar-refractivity contribution is 0.256. The largest absolute Gasteiger partial charge is 0.334 e. The molecular weight excluding hydrogens is 224 g/mol.